The number of methoxy groups -OCH3 is 1. The zero-order chi connectivity index (χ0) is 19.8. The first-order chi connectivity index (χ1) is 12.9. The first-order valence-corrected chi connectivity index (χ1v) is 8.70. The monoisotopic (exact) mass is 391 g/mol. The van der Waals surface area contributed by atoms with Gasteiger partial charge in [-0.2, -0.15) is 0 Å². The molecule has 2 aromatic rings. The number of pyridine rings is 1. The highest BCUT2D eigenvalue weighted by molar-refractivity contribution is 8.00. The highest BCUT2D eigenvalue weighted by Crippen LogP contribution is 2.32. The molecular weight excluding hydrogens is 374 g/mol. The van der Waals surface area contributed by atoms with Crippen LogP contribution in [0.5, 0.6) is 5.75 Å². The molecule has 0 aliphatic heterocycles. The summed E-state index contributed by atoms with van der Waals surface area (Å²) in [6.07, 6.45) is 3.23. The number of anilines is 1. The molecule has 1 amide bonds. The molecule has 1 N–H and O–H groups in total. The van der Waals surface area contributed by atoms with E-state index in [-0.39, 0.29) is 17.2 Å². The molecular formula is C17H17N3O6S. The Bertz CT molecular complexity index is 844. The van der Waals surface area contributed by atoms with Crippen molar-refractivity contribution in [2.24, 2.45) is 0 Å². The van der Waals surface area contributed by atoms with Crippen molar-refractivity contribution in [1.29, 1.82) is 0 Å². The number of hydrogen-bond acceptors (Lipinski definition) is 8. The molecule has 0 fully saturated rings. The molecule has 10 heteroatoms. The SMILES string of the molecule is COc1cc(NC(=O)COC(=O)CSc2ccncc2)c(C)cc1[N+](=O)[O-]. The second-order valence-corrected chi connectivity index (χ2v) is 6.33. The summed E-state index contributed by atoms with van der Waals surface area (Å²) in [7, 11) is 1.30. The van der Waals surface area contributed by atoms with Crippen molar-refractivity contribution >= 4 is 35.0 Å². The van der Waals surface area contributed by atoms with Crippen LogP contribution in [0.15, 0.2) is 41.6 Å². The van der Waals surface area contributed by atoms with Crippen molar-refractivity contribution in [2.75, 3.05) is 24.8 Å². The number of nitro benzene ring substituents is 1. The molecule has 2 rings (SSSR count). The topological polar surface area (TPSA) is 121 Å². The average Bonchev–Trinajstić information content (AvgIpc) is 2.66. The van der Waals surface area contributed by atoms with Crippen LogP contribution in [0.1, 0.15) is 5.56 Å². The van der Waals surface area contributed by atoms with Gasteiger partial charge in [0.2, 0.25) is 0 Å². The van der Waals surface area contributed by atoms with Gasteiger partial charge in [-0.25, -0.2) is 0 Å². The van der Waals surface area contributed by atoms with Crippen molar-refractivity contribution in [3.05, 3.63) is 52.3 Å². The van der Waals surface area contributed by atoms with Crippen molar-refractivity contribution < 1.29 is 24.0 Å². The lowest BCUT2D eigenvalue weighted by Crippen LogP contribution is -2.22. The van der Waals surface area contributed by atoms with Gasteiger partial charge < -0.3 is 14.8 Å². The number of ether oxygens (including phenoxy) is 2. The Hall–Kier alpha value is -3.14. The first kappa shape index (κ1) is 20.2. The summed E-state index contributed by atoms with van der Waals surface area (Å²) in [6, 6.07) is 6.17. The van der Waals surface area contributed by atoms with E-state index in [1.54, 1.807) is 31.5 Å². The molecule has 27 heavy (non-hydrogen) atoms. The van der Waals surface area contributed by atoms with Crippen LogP contribution in [0.25, 0.3) is 0 Å². The number of esters is 1. The molecule has 0 unspecified atom stereocenters. The maximum Gasteiger partial charge on any atom is 0.316 e. The molecule has 9 nitrogen and oxygen atoms in total. The Morgan fingerprint density at radius 1 is 1.30 bits per heavy atom. The lowest BCUT2D eigenvalue weighted by atomic mass is 10.1. The van der Waals surface area contributed by atoms with E-state index in [0.717, 1.165) is 4.90 Å². The Morgan fingerprint density at radius 3 is 2.63 bits per heavy atom. The minimum atomic E-state index is -0.570. The summed E-state index contributed by atoms with van der Waals surface area (Å²) >= 11 is 1.27. The first-order valence-electron chi connectivity index (χ1n) is 7.72. The molecule has 0 bridgehead atoms. The van der Waals surface area contributed by atoms with E-state index in [2.05, 4.69) is 10.3 Å². The van der Waals surface area contributed by atoms with Crippen LogP contribution in [0.3, 0.4) is 0 Å². The predicted octanol–water partition coefficient (Wildman–Crippen LogP) is 2.58. The lowest BCUT2D eigenvalue weighted by molar-refractivity contribution is -0.385. The molecule has 0 radical (unpaired) electrons. The molecule has 0 saturated heterocycles. The van der Waals surface area contributed by atoms with Gasteiger partial charge in [0.1, 0.15) is 0 Å². The Balaban J connectivity index is 1.88. The van der Waals surface area contributed by atoms with Crippen molar-refractivity contribution in [1.82, 2.24) is 4.98 Å². The third-order valence-electron chi connectivity index (χ3n) is 3.37. The number of benzene rings is 1. The van der Waals surface area contributed by atoms with Gasteiger partial charge in [0.05, 0.1) is 17.8 Å². The van der Waals surface area contributed by atoms with Gasteiger partial charge in [-0.05, 0) is 24.6 Å². The van der Waals surface area contributed by atoms with E-state index in [1.165, 1.54) is 31.0 Å². The summed E-state index contributed by atoms with van der Waals surface area (Å²) in [5, 5.41) is 13.5. The predicted molar refractivity (Wildman–Crippen MR) is 98.9 cm³/mol. The van der Waals surface area contributed by atoms with E-state index in [1.807, 2.05) is 0 Å². The van der Waals surface area contributed by atoms with Gasteiger partial charge in [-0.15, -0.1) is 11.8 Å². The molecule has 0 atom stereocenters. The van der Waals surface area contributed by atoms with Crippen LogP contribution < -0.4 is 10.1 Å². The highest BCUT2D eigenvalue weighted by Gasteiger charge is 2.18. The van der Waals surface area contributed by atoms with Crippen molar-refractivity contribution in [2.45, 2.75) is 11.8 Å². The molecule has 0 spiro atoms. The second kappa shape index (κ2) is 9.53. The number of aryl methyl sites for hydroxylation is 1. The number of nitrogens with one attached hydrogen (secondary N) is 1. The lowest BCUT2D eigenvalue weighted by Gasteiger charge is -2.11. The van der Waals surface area contributed by atoms with E-state index >= 15 is 0 Å². The molecule has 1 heterocycles. The van der Waals surface area contributed by atoms with Crippen molar-refractivity contribution in [3.63, 3.8) is 0 Å². The van der Waals surface area contributed by atoms with Crippen LogP contribution in [0, 0.1) is 17.0 Å². The number of nitro groups is 1. The third-order valence-corrected chi connectivity index (χ3v) is 4.35. The van der Waals surface area contributed by atoms with Gasteiger partial charge in [0.15, 0.2) is 12.4 Å². The fourth-order valence-electron chi connectivity index (χ4n) is 2.06. The summed E-state index contributed by atoms with van der Waals surface area (Å²) < 4.78 is 9.90. The normalized spacial score (nSPS) is 10.1. The van der Waals surface area contributed by atoms with Gasteiger partial charge >= 0.3 is 11.7 Å². The summed E-state index contributed by atoms with van der Waals surface area (Å²) in [6.45, 7) is 1.15. The number of thioether (sulfide) groups is 1. The van der Waals surface area contributed by atoms with E-state index < -0.39 is 23.4 Å². The fourth-order valence-corrected chi connectivity index (χ4v) is 2.75. The minimum Gasteiger partial charge on any atom is -0.490 e. The quantitative estimate of drug-likeness (QED) is 0.315. The van der Waals surface area contributed by atoms with Crippen LogP contribution in [-0.2, 0) is 14.3 Å². The Labute approximate surface area is 159 Å². The second-order valence-electron chi connectivity index (χ2n) is 5.28. The maximum atomic E-state index is 12.0. The molecule has 1 aromatic carbocycles. The van der Waals surface area contributed by atoms with E-state index in [4.69, 9.17) is 9.47 Å². The number of carbonyl (C=O) groups is 2. The molecule has 142 valence electrons. The molecule has 1 aromatic heterocycles. The summed E-state index contributed by atoms with van der Waals surface area (Å²) in [5.74, 6) is -1.02. The zero-order valence-electron chi connectivity index (χ0n) is 14.6. The number of amides is 1. The number of nitrogens with zero attached hydrogens (tertiary/aromatic N) is 2. The Kier molecular flexibility index (Phi) is 7.12. The van der Waals surface area contributed by atoms with Crippen LogP contribution in [0.2, 0.25) is 0 Å². The molecule has 0 saturated carbocycles. The highest BCUT2D eigenvalue weighted by atomic mass is 32.2. The number of aromatic nitrogens is 1. The van der Waals surface area contributed by atoms with Gasteiger partial charge in [-0.3, -0.25) is 24.7 Å². The van der Waals surface area contributed by atoms with Crippen LogP contribution in [-0.4, -0.2) is 41.3 Å². The zero-order valence-corrected chi connectivity index (χ0v) is 15.4. The molecule has 0 aliphatic carbocycles. The largest absolute Gasteiger partial charge is 0.490 e. The summed E-state index contributed by atoms with van der Waals surface area (Å²) in [4.78, 5) is 38.9. The smallest absolute Gasteiger partial charge is 0.316 e. The standard InChI is InChI=1S/C17H17N3O6S/c1-11-7-14(20(23)24)15(25-2)8-13(11)19-16(21)9-26-17(22)10-27-12-3-5-18-6-4-12/h3-8H,9-10H2,1-2H3,(H,19,21). The fraction of sp³-hybridized carbons (Fsp3) is 0.235. The van der Waals surface area contributed by atoms with Crippen LogP contribution >= 0.6 is 11.8 Å². The minimum absolute atomic E-state index is 0.0200. The Morgan fingerprint density at radius 2 is 2.00 bits per heavy atom. The van der Waals surface area contributed by atoms with E-state index in [9.17, 15) is 19.7 Å². The average molecular weight is 391 g/mol. The molecule has 0 aliphatic rings. The van der Waals surface area contributed by atoms with Crippen LogP contribution in [0.4, 0.5) is 11.4 Å². The number of hydrogen-bond donors (Lipinski definition) is 1. The van der Waals surface area contributed by atoms with Gasteiger partial charge in [0.25, 0.3) is 5.91 Å². The number of rotatable bonds is 8. The third kappa shape index (κ3) is 5.96. The van der Waals surface area contributed by atoms with E-state index in [0.29, 0.717) is 11.3 Å². The van der Waals surface area contributed by atoms with Crippen molar-refractivity contribution in [3.8, 4) is 5.75 Å². The number of carbonyl (C=O) groups excluding carboxylic acids is 2. The van der Waals surface area contributed by atoms with Gasteiger partial charge in [-0.1, -0.05) is 0 Å². The van der Waals surface area contributed by atoms with Gasteiger partial charge in [0, 0.05) is 35.1 Å². The summed E-state index contributed by atoms with van der Waals surface area (Å²) in [5.41, 5.74) is 0.618. The maximum absolute atomic E-state index is 12.0.